The normalized spacial score (nSPS) is 13.3. The van der Waals surface area contributed by atoms with E-state index < -0.39 is 24.0 Å². The molecule has 0 bridgehead atoms. The van der Waals surface area contributed by atoms with Crippen LogP contribution in [-0.2, 0) is 19.1 Å². The molecule has 1 aliphatic heterocycles. The van der Waals surface area contributed by atoms with Crippen molar-refractivity contribution in [1.29, 1.82) is 0 Å². The largest absolute Gasteiger partial charge is 0.465 e. The molecule has 216 valence electrons. The molecule has 1 aliphatic rings. The Hall–Kier alpha value is -3.34. The number of benzene rings is 4. The molecule has 7 nitrogen and oxygen atoms in total. The van der Waals surface area contributed by atoms with Crippen LogP contribution in [0.4, 0.5) is 17.1 Å². The molecule has 0 N–H and O–H groups in total. The maximum absolute atomic E-state index is 12.5. The smallest absolute Gasteiger partial charge is 0.303 e. The van der Waals surface area contributed by atoms with Crippen LogP contribution in [0.15, 0.2) is 98.3 Å². The third-order valence-electron chi connectivity index (χ3n) is 6.65. The van der Waals surface area contributed by atoms with Gasteiger partial charge in [0.2, 0.25) is 6.79 Å². The zero-order valence-electron chi connectivity index (χ0n) is 22.7. The third kappa shape index (κ3) is 6.99. The molecule has 10 heteroatoms. The van der Waals surface area contributed by atoms with Gasteiger partial charge in [-0.3, -0.25) is 9.59 Å². The van der Waals surface area contributed by atoms with Crippen molar-refractivity contribution in [2.24, 2.45) is 0 Å². The van der Waals surface area contributed by atoms with Crippen LogP contribution in [0.1, 0.15) is 37.0 Å². The summed E-state index contributed by atoms with van der Waals surface area (Å²) in [6, 6.07) is 27.3. The van der Waals surface area contributed by atoms with E-state index in [2.05, 4.69) is 52.7 Å². The van der Waals surface area contributed by atoms with Gasteiger partial charge in [-0.05, 0) is 90.0 Å². The summed E-state index contributed by atoms with van der Waals surface area (Å²) < 4.78 is 25.4. The molecule has 0 aliphatic carbocycles. The fourth-order valence-corrected chi connectivity index (χ4v) is 5.74. The number of fused-ring (bicyclic) bond motifs is 1. The summed E-state index contributed by atoms with van der Waals surface area (Å²) in [6.07, 6.45) is -0.818. The molecular formula is C32H26Br3NO6. The lowest BCUT2D eigenvalue weighted by Gasteiger charge is -2.33. The second-order valence-electron chi connectivity index (χ2n) is 9.54. The predicted molar refractivity (Wildman–Crippen MR) is 171 cm³/mol. The summed E-state index contributed by atoms with van der Waals surface area (Å²) in [5.41, 5.74) is 4.10. The number of halogens is 3. The molecule has 1 heterocycles. The van der Waals surface area contributed by atoms with Crippen molar-refractivity contribution in [1.82, 2.24) is 0 Å². The molecule has 0 saturated heterocycles. The number of rotatable bonds is 9. The van der Waals surface area contributed by atoms with Gasteiger partial charge in [0.15, 0.2) is 11.5 Å². The first kappa shape index (κ1) is 30.1. The molecule has 0 unspecified atom stereocenters. The Balaban J connectivity index is 1.71. The molecule has 5 rings (SSSR count). The molecule has 4 aromatic rings. The summed E-state index contributed by atoms with van der Waals surface area (Å²) in [6.45, 7) is 2.79. The quantitative estimate of drug-likeness (QED) is 0.158. The monoisotopic (exact) mass is 757 g/mol. The van der Waals surface area contributed by atoms with Crippen LogP contribution in [0.3, 0.4) is 0 Å². The van der Waals surface area contributed by atoms with Gasteiger partial charge in [0.25, 0.3) is 0 Å². The Labute approximate surface area is 269 Å². The minimum absolute atomic E-state index is 0.0420. The van der Waals surface area contributed by atoms with Gasteiger partial charge in [-0.1, -0.05) is 53.9 Å². The van der Waals surface area contributed by atoms with Crippen LogP contribution in [0.2, 0.25) is 0 Å². The Morgan fingerprint density at radius 3 is 1.95 bits per heavy atom. The second-order valence-corrected chi connectivity index (χ2v) is 12.3. The number of carbonyl (C=O) groups is 2. The van der Waals surface area contributed by atoms with Crippen molar-refractivity contribution in [3.63, 3.8) is 0 Å². The van der Waals surface area contributed by atoms with Crippen molar-refractivity contribution in [3.05, 3.63) is 109 Å². The lowest BCUT2D eigenvalue weighted by molar-refractivity contribution is -0.150. The highest BCUT2D eigenvalue weighted by Crippen LogP contribution is 2.46. The van der Waals surface area contributed by atoms with Crippen LogP contribution in [0.25, 0.3) is 0 Å². The molecule has 42 heavy (non-hydrogen) atoms. The van der Waals surface area contributed by atoms with E-state index in [4.69, 9.17) is 18.9 Å². The lowest BCUT2D eigenvalue weighted by atomic mass is 9.87. The first-order valence-corrected chi connectivity index (χ1v) is 15.4. The molecule has 0 spiro atoms. The fraction of sp³-hybridized carbons (Fsp3) is 0.188. The van der Waals surface area contributed by atoms with E-state index in [0.29, 0.717) is 17.1 Å². The van der Waals surface area contributed by atoms with Gasteiger partial charge in [0.05, 0.1) is 5.92 Å². The summed E-state index contributed by atoms with van der Waals surface area (Å²) >= 11 is 10.7. The standard InChI is InChI=1S/C32H26Br3NO6/c1-19(37)39-17-28(32(42-20(2)38)21-3-14-30-31(15-21)41-18-40-30)27-16-24(35)8-13-29(27)36(25-9-4-22(33)5-10-25)26-11-6-23(34)7-12-26/h3-16,28,32H,17-18H2,1-2H3/t28-,32-/m0/s1. The zero-order chi connectivity index (χ0) is 29.8. The van der Waals surface area contributed by atoms with Crippen LogP contribution >= 0.6 is 47.8 Å². The van der Waals surface area contributed by atoms with Gasteiger partial charge >= 0.3 is 11.9 Å². The molecule has 2 atom stereocenters. The van der Waals surface area contributed by atoms with E-state index in [0.717, 1.165) is 36.0 Å². The highest BCUT2D eigenvalue weighted by molar-refractivity contribution is 9.11. The highest BCUT2D eigenvalue weighted by Gasteiger charge is 2.34. The fourth-order valence-electron chi connectivity index (χ4n) is 4.83. The van der Waals surface area contributed by atoms with Crippen LogP contribution in [0.5, 0.6) is 11.5 Å². The number of hydrogen-bond donors (Lipinski definition) is 0. The van der Waals surface area contributed by atoms with E-state index in [9.17, 15) is 9.59 Å². The topological polar surface area (TPSA) is 74.3 Å². The van der Waals surface area contributed by atoms with Gasteiger partial charge in [-0.15, -0.1) is 0 Å². The molecule has 0 saturated carbocycles. The number of carbonyl (C=O) groups excluding carboxylic acids is 2. The summed E-state index contributed by atoms with van der Waals surface area (Å²) in [5.74, 6) is -0.353. The molecule has 0 radical (unpaired) electrons. The van der Waals surface area contributed by atoms with E-state index in [1.807, 2.05) is 72.8 Å². The average molecular weight is 760 g/mol. The van der Waals surface area contributed by atoms with Crippen LogP contribution in [0, 0.1) is 0 Å². The minimum atomic E-state index is -0.818. The van der Waals surface area contributed by atoms with Gasteiger partial charge in [-0.2, -0.15) is 0 Å². The lowest BCUT2D eigenvalue weighted by Crippen LogP contribution is -2.24. The molecule has 0 fully saturated rings. The Kier molecular flexibility index (Phi) is 9.55. The number of anilines is 3. The van der Waals surface area contributed by atoms with Crippen molar-refractivity contribution < 1.29 is 28.5 Å². The zero-order valence-corrected chi connectivity index (χ0v) is 27.4. The van der Waals surface area contributed by atoms with Gasteiger partial charge < -0.3 is 23.8 Å². The molecule has 0 aromatic heterocycles. The number of nitrogens with zero attached hydrogens (tertiary/aromatic N) is 1. The van der Waals surface area contributed by atoms with Crippen molar-refractivity contribution in [2.75, 3.05) is 18.3 Å². The molecule has 4 aromatic carbocycles. The van der Waals surface area contributed by atoms with Gasteiger partial charge in [0.1, 0.15) is 12.7 Å². The first-order chi connectivity index (χ1) is 20.2. The predicted octanol–water partition coefficient (Wildman–Crippen LogP) is 9.12. The summed E-state index contributed by atoms with van der Waals surface area (Å²) in [7, 11) is 0. The summed E-state index contributed by atoms with van der Waals surface area (Å²) in [5, 5.41) is 0. The Morgan fingerprint density at radius 2 is 1.36 bits per heavy atom. The van der Waals surface area contributed by atoms with E-state index in [1.165, 1.54) is 13.8 Å². The second kappa shape index (κ2) is 13.3. The average Bonchev–Trinajstić information content (AvgIpc) is 3.43. The number of esters is 2. The minimum Gasteiger partial charge on any atom is -0.465 e. The van der Waals surface area contributed by atoms with E-state index >= 15 is 0 Å². The van der Waals surface area contributed by atoms with Gasteiger partial charge in [-0.25, -0.2) is 0 Å². The Bertz CT molecular complexity index is 1550. The highest BCUT2D eigenvalue weighted by atomic mass is 79.9. The number of hydrogen-bond acceptors (Lipinski definition) is 7. The first-order valence-electron chi connectivity index (χ1n) is 13.0. The SMILES string of the molecule is CC(=O)OC[C@@H](c1cc(Br)ccc1N(c1ccc(Br)cc1)c1ccc(Br)cc1)[C@@H](OC(C)=O)c1ccc2c(c1)OCO2. The van der Waals surface area contributed by atoms with Crippen molar-refractivity contribution in [2.45, 2.75) is 25.9 Å². The van der Waals surface area contributed by atoms with E-state index in [-0.39, 0.29) is 13.4 Å². The van der Waals surface area contributed by atoms with Crippen molar-refractivity contribution >= 4 is 76.8 Å². The van der Waals surface area contributed by atoms with E-state index in [1.54, 1.807) is 12.1 Å². The number of ether oxygens (including phenoxy) is 4. The van der Waals surface area contributed by atoms with Crippen molar-refractivity contribution in [3.8, 4) is 11.5 Å². The van der Waals surface area contributed by atoms with Crippen LogP contribution < -0.4 is 14.4 Å². The maximum atomic E-state index is 12.5. The van der Waals surface area contributed by atoms with Crippen LogP contribution in [-0.4, -0.2) is 25.3 Å². The van der Waals surface area contributed by atoms with Gasteiger partial charge in [0, 0.05) is 44.3 Å². The molecule has 0 amide bonds. The summed E-state index contributed by atoms with van der Waals surface area (Å²) in [4.78, 5) is 26.7. The maximum Gasteiger partial charge on any atom is 0.303 e. The Morgan fingerprint density at radius 1 is 0.762 bits per heavy atom. The molecular weight excluding hydrogens is 734 g/mol. The third-order valence-corrected chi connectivity index (χ3v) is 8.20.